The SMILES string of the molecule is CC(C)=C[C@@H]([C@@H](C)C=O)[Si](C)(C)c1ccccc1. The third-order valence-electron chi connectivity index (χ3n) is 3.65. The van der Waals surface area contributed by atoms with Gasteiger partial charge < -0.3 is 4.79 Å². The van der Waals surface area contributed by atoms with Crippen molar-refractivity contribution in [1.29, 1.82) is 0 Å². The first-order valence-corrected chi connectivity index (χ1v) is 9.63. The highest BCUT2D eigenvalue weighted by Crippen LogP contribution is 2.31. The molecule has 1 aromatic rings. The molecular formula is C16H24OSi. The molecule has 98 valence electrons. The lowest BCUT2D eigenvalue weighted by Crippen LogP contribution is -2.47. The van der Waals surface area contributed by atoms with E-state index < -0.39 is 8.07 Å². The van der Waals surface area contributed by atoms with E-state index in [1.54, 1.807) is 0 Å². The lowest BCUT2D eigenvalue weighted by atomic mass is 10.1. The summed E-state index contributed by atoms with van der Waals surface area (Å²) >= 11 is 0. The molecule has 0 unspecified atom stereocenters. The molecule has 2 heteroatoms. The van der Waals surface area contributed by atoms with Crippen LogP contribution in [-0.2, 0) is 4.79 Å². The Labute approximate surface area is 112 Å². The zero-order valence-corrected chi connectivity index (χ0v) is 13.1. The van der Waals surface area contributed by atoms with Gasteiger partial charge in [0.05, 0.1) is 8.07 Å². The van der Waals surface area contributed by atoms with Crippen LogP contribution in [0.1, 0.15) is 20.8 Å². The molecule has 18 heavy (non-hydrogen) atoms. The molecule has 0 bridgehead atoms. The molecule has 1 rings (SSSR count). The maximum Gasteiger partial charge on any atom is 0.123 e. The first-order chi connectivity index (χ1) is 8.39. The Morgan fingerprint density at radius 2 is 1.72 bits per heavy atom. The Bertz CT molecular complexity index is 416. The van der Waals surface area contributed by atoms with Gasteiger partial charge in [0, 0.05) is 5.92 Å². The predicted molar refractivity (Wildman–Crippen MR) is 82.0 cm³/mol. The molecule has 0 saturated heterocycles. The van der Waals surface area contributed by atoms with E-state index in [1.807, 2.05) is 13.0 Å². The van der Waals surface area contributed by atoms with E-state index in [0.717, 1.165) is 6.29 Å². The van der Waals surface area contributed by atoms with Crippen LogP contribution in [0.3, 0.4) is 0 Å². The fourth-order valence-electron chi connectivity index (χ4n) is 2.52. The van der Waals surface area contributed by atoms with Gasteiger partial charge in [-0.25, -0.2) is 0 Å². The van der Waals surface area contributed by atoms with Crippen LogP contribution in [-0.4, -0.2) is 14.4 Å². The monoisotopic (exact) mass is 260 g/mol. The second kappa shape index (κ2) is 6.14. The molecule has 0 spiro atoms. The second-order valence-electron chi connectivity index (χ2n) is 5.85. The highest BCUT2D eigenvalue weighted by molar-refractivity contribution is 6.91. The summed E-state index contributed by atoms with van der Waals surface area (Å²) in [6.45, 7) is 11.0. The molecule has 1 nitrogen and oxygen atoms in total. The van der Waals surface area contributed by atoms with Crippen molar-refractivity contribution >= 4 is 19.5 Å². The Morgan fingerprint density at radius 1 is 1.17 bits per heavy atom. The summed E-state index contributed by atoms with van der Waals surface area (Å²) in [5.41, 5.74) is 1.66. The lowest BCUT2D eigenvalue weighted by Gasteiger charge is -2.33. The second-order valence-corrected chi connectivity index (χ2v) is 10.5. The molecule has 2 atom stereocenters. The maximum atomic E-state index is 11.2. The van der Waals surface area contributed by atoms with Crippen LogP contribution < -0.4 is 5.19 Å². The average molecular weight is 260 g/mol. The van der Waals surface area contributed by atoms with Gasteiger partial charge in [-0.2, -0.15) is 0 Å². The zero-order valence-electron chi connectivity index (χ0n) is 12.1. The van der Waals surface area contributed by atoms with Gasteiger partial charge in [-0.15, -0.1) is 0 Å². The molecule has 0 heterocycles. The van der Waals surface area contributed by atoms with Crippen LogP contribution >= 0.6 is 0 Å². The van der Waals surface area contributed by atoms with Gasteiger partial charge in [0.2, 0.25) is 0 Å². The van der Waals surface area contributed by atoms with E-state index in [9.17, 15) is 4.79 Å². The lowest BCUT2D eigenvalue weighted by molar-refractivity contribution is -0.110. The fourth-order valence-corrected chi connectivity index (χ4v) is 6.10. The summed E-state index contributed by atoms with van der Waals surface area (Å²) in [4.78, 5) is 11.2. The summed E-state index contributed by atoms with van der Waals surface area (Å²) in [5, 5.41) is 1.42. The van der Waals surface area contributed by atoms with Crippen LogP contribution in [0.5, 0.6) is 0 Å². The van der Waals surface area contributed by atoms with Crippen molar-refractivity contribution in [2.24, 2.45) is 5.92 Å². The molecule has 0 radical (unpaired) electrons. The third kappa shape index (κ3) is 3.42. The van der Waals surface area contributed by atoms with E-state index in [2.05, 4.69) is 57.3 Å². The molecule has 0 fully saturated rings. The Balaban J connectivity index is 3.19. The van der Waals surface area contributed by atoms with Gasteiger partial charge in [-0.1, -0.05) is 67.2 Å². The van der Waals surface area contributed by atoms with Crippen LogP contribution in [0.4, 0.5) is 0 Å². The van der Waals surface area contributed by atoms with Gasteiger partial charge in [0.25, 0.3) is 0 Å². The minimum absolute atomic E-state index is 0.0850. The Morgan fingerprint density at radius 3 is 2.17 bits per heavy atom. The molecule has 0 N–H and O–H groups in total. The number of carbonyl (C=O) groups excluding carboxylic acids is 1. The summed E-state index contributed by atoms with van der Waals surface area (Å²) in [5.74, 6) is 0.0850. The molecular weight excluding hydrogens is 236 g/mol. The number of hydrogen-bond donors (Lipinski definition) is 0. The minimum Gasteiger partial charge on any atom is -0.303 e. The molecule has 0 saturated carbocycles. The first-order valence-electron chi connectivity index (χ1n) is 6.55. The van der Waals surface area contributed by atoms with Crippen molar-refractivity contribution in [2.75, 3.05) is 0 Å². The molecule has 0 aromatic heterocycles. The predicted octanol–water partition coefficient (Wildman–Crippen LogP) is 3.77. The van der Waals surface area contributed by atoms with Crippen LogP contribution in [0.2, 0.25) is 18.6 Å². The average Bonchev–Trinajstić information content (AvgIpc) is 2.35. The zero-order chi connectivity index (χ0) is 13.8. The quantitative estimate of drug-likeness (QED) is 0.447. The Kier molecular flexibility index (Phi) is 5.09. The van der Waals surface area contributed by atoms with Crippen molar-refractivity contribution in [2.45, 2.75) is 39.4 Å². The van der Waals surface area contributed by atoms with Crippen molar-refractivity contribution in [1.82, 2.24) is 0 Å². The topological polar surface area (TPSA) is 17.1 Å². The van der Waals surface area contributed by atoms with Gasteiger partial charge in [-0.3, -0.25) is 0 Å². The van der Waals surface area contributed by atoms with Crippen molar-refractivity contribution < 1.29 is 4.79 Å². The molecule has 1 aromatic carbocycles. The molecule has 0 aliphatic heterocycles. The number of rotatable bonds is 5. The standard InChI is InChI=1S/C16H24OSi/c1-13(2)11-16(14(3)12-17)18(4,5)15-9-7-6-8-10-15/h6-12,14,16H,1-5H3/t14-,16-/m0/s1. The molecule has 0 amide bonds. The van der Waals surface area contributed by atoms with Crippen molar-refractivity contribution in [3.63, 3.8) is 0 Å². The summed E-state index contributed by atoms with van der Waals surface area (Å²) in [7, 11) is -1.66. The fraction of sp³-hybridized carbons (Fsp3) is 0.438. The van der Waals surface area contributed by atoms with Crippen LogP contribution in [0.15, 0.2) is 42.0 Å². The van der Waals surface area contributed by atoms with Gasteiger partial charge in [0.15, 0.2) is 0 Å². The molecule has 0 aliphatic rings. The van der Waals surface area contributed by atoms with E-state index in [4.69, 9.17) is 0 Å². The van der Waals surface area contributed by atoms with E-state index in [-0.39, 0.29) is 5.92 Å². The third-order valence-corrected chi connectivity index (χ3v) is 7.83. The van der Waals surface area contributed by atoms with E-state index in [1.165, 1.54) is 10.8 Å². The minimum atomic E-state index is -1.66. The smallest absolute Gasteiger partial charge is 0.123 e. The van der Waals surface area contributed by atoms with E-state index >= 15 is 0 Å². The van der Waals surface area contributed by atoms with Crippen molar-refractivity contribution in [3.05, 3.63) is 42.0 Å². The van der Waals surface area contributed by atoms with Gasteiger partial charge in [-0.05, 0) is 19.4 Å². The van der Waals surface area contributed by atoms with E-state index in [0.29, 0.717) is 5.54 Å². The highest BCUT2D eigenvalue weighted by Gasteiger charge is 2.35. The maximum absolute atomic E-state index is 11.2. The number of allylic oxidation sites excluding steroid dienone is 2. The largest absolute Gasteiger partial charge is 0.303 e. The summed E-state index contributed by atoms with van der Waals surface area (Å²) in [6.07, 6.45) is 3.39. The van der Waals surface area contributed by atoms with Crippen LogP contribution in [0, 0.1) is 5.92 Å². The highest BCUT2D eigenvalue weighted by atomic mass is 28.3. The van der Waals surface area contributed by atoms with Crippen molar-refractivity contribution in [3.8, 4) is 0 Å². The number of hydrogen-bond acceptors (Lipinski definition) is 1. The summed E-state index contributed by atoms with van der Waals surface area (Å²) < 4.78 is 0. The Hall–Kier alpha value is -1.15. The first kappa shape index (κ1) is 14.9. The van der Waals surface area contributed by atoms with Gasteiger partial charge >= 0.3 is 0 Å². The number of aldehydes is 1. The number of carbonyl (C=O) groups is 1. The summed E-state index contributed by atoms with van der Waals surface area (Å²) in [6, 6.07) is 10.6. The normalized spacial score (nSPS) is 14.7. The van der Waals surface area contributed by atoms with Crippen LogP contribution in [0.25, 0.3) is 0 Å². The van der Waals surface area contributed by atoms with Gasteiger partial charge in [0.1, 0.15) is 6.29 Å². The number of benzene rings is 1. The molecule has 0 aliphatic carbocycles.